The van der Waals surface area contributed by atoms with Crippen LogP contribution >= 0.6 is 22.7 Å². The monoisotopic (exact) mass is 382 g/mol. The van der Waals surface area contributed by atoms with E-state index in [0.717, 1.165) is 24.2 Å². The van der Waals surface area contributed by atoms with Gasteiger partial charge in [0.2, 0.25) is 5.91 Å². The van der Waals surface area contributed by atoms with Crippen LogP contribution in [0.25, 0.3) is 0 Å². The number of carbonyl (C=O) groups excluding carboxylic acids is 1. The average Bonchev–Trinajstić information content (AvgIpc) is 3.29. The summed E-state index contributed by atoms with van der Waals surface area (Å²) in [5, 5.41) is 10.7. The third kappa shape index (κ3) is 4.75. The minimum absolute atomic E-state index is 0.0458. The number of piperidine rings is 1. The fourth-order valence-corrected chi connectivity index (χ4v) is 5.90. The summed E-state index contributed by atoms with van der Waals surface area (Å²) in [5.74, 6) is -0.0844. The van der Waals surface area contributed by atoms with Crippen LogP contribution in [0.4, 0.5) is 0 Å². The summed E-state index contributed by atoms with van der Waals surface area (Å²) in [5.41, 5.74) is 2.06. The number of likely N-dealkylation sites (tertiary alicyclic amines) is 1. The molecule has 1 amide bonds. The Balaban J connectivity index is 1.58. The van der Waals surface area contributed by atoms with Gasteiger partial charge < -0.3 is 5.32 Å². The smallest absolute Gasteiger partial charge is 0.233 e. The minimum Gasteiger partial charge on any atom is -0.343 e. The maximum absolute atomic E-state index is 12.8. The third-order valence-electron chi connectivity index (χ3n) is 4.18. The van der Waals surface area contributed by atoms with Gasteiger partial charge in [-0.15, -0.1) is 0 Å². The quantitative estimate of drug-likeness (QED) is 0.800. The molecule has 1 atom stereocenters. The van der Waals surface area contributed by atoms with Crippen LogP contribution in [0.15, 0.2) is 33.7 Å². The Morgan fingerprint density at radius 2 is 1.75 bits per heavy atom. The first-order valence-corrected chi connectivity index (χ1v) is 11.4. The maximum atomic E-state index is 12.8. The van der Waals surface area contributed by atoms with Crippen molar-refractivity contribution < 1.29 is 9.00 Å². The normalized spacial score (nSPS) is 17.0. The first kappa shape index (κ1) is 17.8. The predicted molar refractivity (Wildman–Crippen MR) is 102 cm³/mol. The van der Waals surface area contributed by atoms with Crippen molar-refractivity contribution in [2.24, 2.45) is 0 Å². The van der Waals surface area contributed by atoms with Crippen molar-refractivity contribution in [1.82, 2.24) is 10.2 Å². The van der Waals surface area contributed by atoms with Gasteiger partial charge in [-0.05, 0) is 70.7 Å². The molecule has 0 radical (unpaired) electrons. The summed E-state index contributed by atoms with van der Waals surface area (Å²) in [6.45, 7) is 2.64. The molecule has 0 aliphatic carbocycles. The molecule has 0 spiro atoms. The minimum atomic E-state index is -1.27. The summed E-state index contributed by atoms with van der Waals surface area (Å²) in [7, 11) is -1.27. The Kier molecular flexibility index (Phi) is 6.59. The van der Waals surface area contributed by atoms with Crippen LogP contribution < -0.4 is 5.32 Å². The first-order chi connectivity index (χ1) is 11.7. The molecule has 2 aromatic rings. The highest BCUT2D eigenvalue weighted by molar-refractivity contribution is 7.86. The highest BCUT2D eigenvalue weighted by Crippen LogP contribution is 2.31. The van der Waals surface area contributed by atoms with Gasteiger partial charge in [-0.1, -0.05) is 6.42 Å². The fraction of sp³-hybridized carbons (Fsp3) is 0.471. The van der Waals surface area contributed by atoms with Gasteiger partial charge in [-0.2, -0.15) is 22.7 Å². The maximum Gasteiger partial charge on any atom is 0.233 e. The van der Waals surface area contributed by atoms with E-state index in [1.807, 2.05) is 33.7 Å². The Morgan fingerprint density at radius 3 is 2.29 bits per heavy atom. The molecular formula is C17H22N2O2S3. The van der Waals surface area contributed by atoms with Crippen molar-refractivity contribution in [3.63, 3.8) is 0 Å². The van der Waals surface area contributed by atoms with Crippen LogP contribution in [0.2, 0.25) is 0 Å². The largest absolute Gasteiger partial charge is 0.343 e. The van der Waals surface area contributed by atoms with Crippen molar-refractivity contribution in [2.75, 3.05) is 25.5 Å². The van der Waals surface area contributed by atoms with E-state index in [9.17, 15) is 9.00 Å². The van der Waals surface area contributed by atoms with E-state index in [4.69, 9.17) is 0 Å². The van der Waals surface area contributed by atoms with Crippen LogP contribution in [-0.2, 0) is 15.6 Å². The van der Waals surface area contributed by atoms with Crippen LogP contribution in [0.1, 0.15) is 35.6 Å². The summed E-state index contributed by atoms with van der Waals surface area (Å²) >= 11 is 3.18. The summed E-state index contributed by atoms with van der Waals surface area (Å²) in [6.07, 6.45) is 3.66. The Morgan fingerprint density at radius 1 is 1.12 bits per heavy atom. The van der Waals surface area contributed by atoms with Crippen LogP contribution in [0.3, 0.4) is 0 Å². The molecular weight excluding hydrogens is 360 g/mol. The molecule has 1 N–H and O–H groups in total. The zero-order valence-electron chi connectivity index (χ0n) is 13.5. The van der Waals surface area contributed by atoms with Gasteiger partial charge in [-0.3, -0.25) is 13.9 Å². The highest BCUT2D eigenvalue weighted by Gasteiger charge is 2.24. The molecule has 1 saturated heterocycles. The molecule has 130 valence electrons. The van der Waals surface area contributed by atoms with Gasteiger partial charge in [0.15, 0.2) is 0 Å². The molecule has 1 aliphatic rings. The van der Waals surface area contributed by atoms with Crippen LogP contribution in [0, 0.1) is 0 Å². The lowest BCUT2D eigenvalue weighted by Gasteiger charge is -2.26. The van der Waals surface area contributed by atoms with E-state index in [1.54, 1.807) is 22.7 Å². The lowest BCUT2D eigenvalue weighted by molar-refractivity contribution is -0.119. The van der Waals surface area contributed by atoms with Gasteiger partial charge in [0, 0.05) is 10.8 Å². The van der Waals surface area contributed by atoms with Gasteiger partial charge in [-0.25, -0.2) is 0 Å². The molecule has 7 heteroatoms. The van der Waals surface area contributed by atoms with Crippen molar-refractivity contribution in [2.45, 2.75) is 24.5 Å². The zero-order valence-corrected chi connectivity index (χ0v) is 15.9. The second kappa shape index (κ2) is 8.89. The first-order valence-electron chi connectivity index (χ1n) is 8.14. The van der Waals surface area contributed by atoms with Gasteiger partial charge in [0.25, 0.3) is 0 Å². The Hall–Kier alpha value is -1.02. The Labute approximate surface area is 153 Å². The number of thiophene rings is 2. The van der Waals surface area contributed by atoms with E-state index in [0.29, 0.717) is 6.67 Å². The van der Waals surface area contributed by atoms with E-state index in [-0.39, 0.29) is 16.9 Å². The molecule has 1 unspecified atom stereocenters. The lowest BCUT2D eigenvalue weighted by atomic mass is 10.1. The van der Waals surface area contributed by atoms with E-state index < -0.39 is 10.8 Å². The number of amides is 1. The molecule has 1 aliphatic heterocycles. The zero-order chi connectivity index (χ0) is 16.8. The molecule has 3 heterocycles. The van der Waals surface area contributed by atoms with Gasteiger partial charge in [0.05, 0.1) is 11.9 Å². The van der Waals surface area contributed by atoms with Crippen molar-refractivity contribution in [3.05, 3.63) is 44.8 Å². The van der Waals surface area contributed by atoms with Gasteiger partial charge >= 0.3 is 0 Å². The average molecular weight is 383 g/mol. The molecule has 2 aromatic heterocycles. The second-order valence-electron chi connectivity index (χ2n) is 5.96. The number of hydrogen-bond donors (Lipinski definition) is 1. The highest BCUT2D eigenvalue weighted by atomic mass is 32.2. The summed E-state index contributed by atoms with van der Waals surface area (Å²) in [4.78, 5) is 14.5. The molecule has 0 aromatic carbocycles. The van der Waals surface area contributed by atoms with Crippen LogP contribution in [-0.4, -0.2) is 40.5 Å². The number of nitrogens with zero attached hydrogens (tertiary/aromatic N) is 1. The predicted octanol–water partition coefficient (Wildman–Crippen LogP) is 3.21. The van der Waals surface area contributed by atoms with Crippen molar-refractivity contribution in [1.29, 1.82) is 0 Å². The van der Waals surface area contributed by atoms with Crippen LogP contribution in [0.5, 0.6) is 0 Å². The number of carbonyl (C=O) groups is 1. The van der Waals surface area contributed by atoms with E-state index in [2.05, 4.69) is 10.2 Å². The molecule has 4 nitrogen and oxygen atoms in total. The molecule has 0 saturated carbocycles. The summed E-state index contributed by atoms with van der Waals surface area (Å²) < 4.78 is 12.8. The number of hydrogen-bond acceptors (Lipinski definition) is 5. The van der Waals surface area contributed by atoms with E-state index in [1.165, 1.54) is 19.3 Å². The van der Waals surface area contributed by atoms with Crippen molar-refractivity contribution in [3.8, 4) is 0 Å². The molecule has 3 rings (SSSR count). The second-order valence-corrected chi connectivity index (χ2v) is 9.04. The summed E-state index contributed by atoms with van der Waals surface area (Å²) in [6, 6.07) is 3.99. The van der Waals surface area contributed by atoms with Gasteiger partial charge in [0.1, 0.15) is 5.75 Å². The SMILES string of the molecule is O=C(CS(=O)C(c1ccsc1)c1ccsc1)NCN1CCCCC1. The fourth-order valence-electron chi connectivity index (χ4n) is 2.93. The van der Waals surface area contributed by atoms with Crippen molar-refractivity contribution >= 4 is 39.4 Å². The number of rotatable bonds is 7. The molecule has 0 bridgehead atoms. The van der Waals surface area contributed by atoms with E-state index >= 15 is 0 Å². The lowest BCUT2D eigenvalue weighted by Crippen LogP contribution is -2.42. The molecule has 1 fully saturated rings. The Bertz CT molecular complexity index is 615. The third-order valence-corrected chi connectivity index (χ3v) is 7.20. The number of nitrogens with one attached hydrogen (secondary N) is 1. The topological polar surface area (TPSA) is 49.4 Å². The standard InChI is InChI=1S/C17H22N2O2S3/c20-16(18-13-19-6-2-1-3-7-19)12-24(21)17(14-4-8-22-10-14)15-5-9-23-11-15/h4-5,8-11,17H,1-3,6-7,12-13H2,(H,18,20). The molecule has 24 heavy (non-hydrogen) atoms.